The van der Waals surface area contributed by atoms with Crippen molar-refractivity contribution in [1.82, 2.24) is 14.9 Å². The van der Waals surface area contributed by atoms with Crippen molar-refractivity contribution in [3.63, 3.8) is 0 Å². The Kier molecular flexibility index (Phi) is 3.56. The fraction of sp³-hybridized carbons (Fsp3) is 0.562. The van der Waals surface area contributed by atoms with Crippen molar-refractivity contribution >= 4 is 11.0 Å². The number of aromatic nitrogens is 2. The molecule has 19 heavy (non-hydrogen) atoms. The molecule has 0 amide bonds. The number of rotatable bonds is 3. The van der Waals surface area contributed by atoms with Gasteiger partial charge >= 0.3 is 0 Å². The van der Waals surface area contributed by atoms with Crippen LogP contribution in [0.5, 0.6) is 0 Å². The van der Waals surface area contributed by atoms with Gasteiger partial charge in [-0.1, -0.05) is 13.0 Å². The Morgan fingerprint density at radius 1 is 1.32 bits per heavy atom. The maximum Gasteiger partial charge on any atom is 0.109 e. The summed E-state index contributed by atoms with van der Waals surface area (Å²) in [6.07, 6.45) is 4.76. The predicted octanol–water partition coefficient (Wildman–Crippen LogP) is 2.68. The quantitative estimate of drug-likeness (QED) is 0.916. The molecule has 1 aliphatic heterocycles. The van der Waals surface area contributed by atoms with E-state index in [1.807, 2.05) is 0 Å². The van der Waals surface area contributed by atoms with Crippen molar-refractivity contribution < 1.29 is 0 Å². The zero-order chi connectivity index (χ0) is 13.2. The highest BCUT2D eigenvalue weighted by atomic mass is 15.1. The fourth-order valence-corrected chi connectivity index (χ4v) is 3.04. The lowest BCUT2D eigenvalue weighted by atomic mass is 9.94. The second-order valence-electron chi connectivity index (χ2n) is 5.66. The summed E-state index contributed by atoms with van der Waals surface area (Å²) >= 11 is 0. The van der Waals surface area contributed by atoms with Crippen LogP contribution >= 0.6 is 0 Å². The first-order valence-electron chi connectivity index (χ1n) is 7.43. The number of hydrogen-bond donors (Lipinski definition) is 1. The van der Waals surface area contributed by atoms with E-state index in [1.165, 1.54) is 29.7 Å². The molecule has 0 radical (unpaired) electrons. The van der Waals surface area contributed by atoms with Gasteiger partial charge in [0.05, 0.1) is 11.0 Å². The van der Waals surface area contributed by atoms with Crippen LogP contribution in [0.25, 0.3) is 11.0 Å². The molecule has 1 aliphatic rings. The van der Waals surface area contributed by atoms with Gasteiger partial charge < -0.3 is 9.88 Å². The molecule has 0 bridgehead atoms. The summed E-state index contributed by atoms with van der Waals surface area (Å²) in [4.78, 5) is 4.86. The van der Waals surface area contributed by atoms with Crippen molar-refractivity contribution in [2.24, 2.45) is 13.0 Å². The monoisotopic (exact) mass is 257 g/mol. The third-order valence-electron chi connectivity index (χ3n) is 4.38. The average Bonchev–Trinajstić information content (AvgIpc) is 2.76. The van der Waals surface area contributed by atoms with Crippen LogP contribution < -0.4 is 5.32 Å². The molecule has 1 aromatic carbocycles. The van der Waals surface area contributed by atoms with E-state index in [0.29, 0.717) is 0 Å². The van der Waals surface area contributed by atoms with E-state index >= 15 is 0 Å². The van der Waals surface area contributed by atoms with E-state index in [2.05, 4.69) is 42.1 Å². The Morgan fingerprint density at radius 3 is 2.84 bits per heavy atom. The van der Waals surface area contributed by atoms with Gasteiger partial charge in [-0.2, -0.15) is 0 Å². The second kappa shape index (κ2) is 5.33. The van der Waals surface area contributed by atoms with E-state index in [-0.39, 0.29) is 0 Å². The minimum absolute atomic E-state index is 0.794. The van der Waals surface area contributed by atoms with Crippen LogP contribution in [0, 0.1) is 5.92 Å². The minimum Gasteiger partial charge on any atom is -0.331 e. The number of nitrogens with zero attached hydrogens (tertiary/aromatic N) is 2. The Morgan fingerprint density at radius 2 is 2.11 bits per heavy atom. The smallest absolute Gasteiger partial charge is 0.109 e. The summed E-state index contributed by atoms with van der Waals surface area (Å²) in [5.74, 6) is 2.04. The lowest BCUT2D eigenvalue weighted by Crippen LogP contribution is -2.29. The minimum atomic E-state index is 0.794. The molecular weight excluding hydrogens is 234 g/mol. The van der Waals surface area contributed by atoms with Gasteiger partial charge in [0.25, 0.3) is 0 Å². The number of aryl methyl sites for hydroxylation is 2. The number of benzene rings is 1. The maximum atomic E-state index is 4.86. The number of fused-ring (bicyclic) bond motifs is 1. The molecule has 0 unspecified atom stereocenters. The standard InChI is InChI=1S/C16H23N3/c1-3-12-4-5-15-14(10-12)18-16(19(15)2)11-13-6-8-17-9-7-13/h4-5,10,13,17H,3,6-9,11H2,1-2H3. The van der Waals surface area contributed by atoms with Crippen molar-refractivity contribution in [2.75, 3.05) is 13.1 Å². The SMILES string of the molecule is CCc1ccc2c(c1)nc(CC1CCNCC1)n2C. The molecule has 2 heterocycles. The Bertz CT molecular complexity index is 565. The third-order valence-corrected chi connectivity index (χ3v) is 4.38. The van der Waals surface area contributed by atoms with Crippen LogP contribution in [-0.2, 0) is 19.9 Å². The zero-order valence-corrected chi connectivity index (χ0v) is 11.9. The van der Waals surface area contributed by atoms with Crippen molar-refractivity contribution in [3.8, 4) is 0 Å². The molecule has 1 fully saturated rings. The molecule has 0 atom stereocenters. The lowest BCUT2D eigenvalue weighted by molar-refractivity contribution is 0.365. The summed E-state index contributed by atoms with van der Waals surface area (Å²) in [5.41, 5.74) is 3.80. The van der Waals surface area contributed by atoms with Crippen LogP contribution in [0.2, 0.25) is 0 Å². The van der Waals surface area contributed by atoms with Gasteiger partial charge in [0, 0.05) is 13.5 Å². The third kappa shape index (κ3) is 2.52. The first-order chi connectivity index (χ1) is 9.28. The Hall–Kier alpha value is -1.35. The largest absolute Gasteiger partial charge is 0.331 e. The molecule has 0 spiro atoms. The van der Waals surface area contributed by atoms with Gasteiger partial charge in [0.2, 0.25) is 0 Å². The van der Waals surface area contributed by atoms with E-state index in [9.17, 15) is 0 Å². The number of piperidine rings is 1. The van der Waals surface area contributed by atoms with Crippen molar-refractivity contribution in [3.05, 3.63) is 29.6 Å². The topological polar surface area (TPSA) is 29.9 Å². The van der Waals surface area contributed by atoms with Gasteiger partial charge in [-0.3, -0.25) is 0 Å². The van der Waals surface area contributed by atoms with Crippen LogP contribution in [0.1, 0.15) is 31.2 Å². The lowest BCUT2D eigenvalue weighted by Gasteiger charge is -2.22. The summed E-state index contributed by atoms with van der Waals surface area (Å²) in [5, 5.41) is 3.43. The number of hydrogen-bond acceptors (Lipinski definition) is 2. The van der Waals surface area contributed by atoms with E-state index in [1.54, 1.807) is 0 Å². The molecule has 2 aromatic rings. The van der Waals surface area contributed by atoms with Crippen LogP contribution in [0.4, 0.5) is 0 Å². The van der Waals surface area contributed by atoms with Crippen LogP contribution in [0.15, 0.2) is 18.2 Å². The number of imidazole rings is 1. The highest BCUT2D eigenvalue weighted by Gasteiger charge is 2.17. The molecule has 1 aromatic heterocycles. The summed E-state index contributed by atoms with van der Waals surface area (Å²) in [7, 11) is 2.15. The van der Waals surface area contributed by atoms with Gasteiger partial charge in [0.15, 0.2) is 0 Å². The molecule has 0 saturated carbocycles. The first kappa shape index (κ1) is 12.7. The first-order valence-corrected chi connectivity index (χ1v) is 7.43. The molecule has 1 N–H and O–H groups in total. The summed E-state index contributed by atoms with van der Waals surface area (Å²) in [6, 6.07) is 6.67. The van der Waals surface area contributed by atoms with Gasteiger partial charge in [0.1, 0.15) is 5.82 Å². The van der Waals surface area contributed by atoms with E-state index in [4.69, 9.17) is 4.98 Å². The Balaban J connectivity index is 1.88. The average molecular weight is 257 g/mol. The van der Waals surface area contributed by atoms with Gasteiger partial charge in [-0.05, 0) is 56.0 Å². The molecule has 3 rings (SSSR count). The van der Waals surface area contributed by atoms with Gasteiger partial charge in [-0.25, -0.2) is 4.98 Å². The normalized spacial score (nSPS) is 17.2. The summed E-state index contributed by atoms with van der Waals surface area (Å²) in [6.45, 7) is 4.52. The highest BCUT2D eigenvalue weighted by Crippen LogP contribution is 2.22. The maximum absolute atomic E-state index is 4.86. The van der Waals surface area contributed by atoms with Crippen LogP contribution in [0.3, 0.4) is 0 Å². The fourth-order valence-electron chi connectivity index (χ4n) is 3.04. The molecule has 102 valence electrons. The van der Waals surface area contributed by atoms with Crippen LogP contribution in [-0.4, -0.2) is 22.6 Å². The van der Waals surface area contributed by atoms with Crippen molar-refractivity contribution in [2.45, 2.75) is 32.6 Å². The molecular formula is C16H23N3. The van der Waals surface area contributed by atoms with E-state index in [0.717, 1.165) is 37.4 Å². The van der Waals surface area contributed by atoms with Gasteiger partial charge in [-0.15, -0.1) is 0 Å². The Labute approximate surface area is 115 Å². The molecule has 3 heteroatoms. The molecule has 0 aliphatic carbocycles. The molecule has 3 nitrogen and oxygen atoms in total. The number of nitrogens with one attached hydrogen (secondary N) is 1. The van der Waals surface area contributed by atoms with E-state index < -0.39 is 0 Å². The highest BCUT2D eigenvalue weighted by molar-refractivity contribution is 5.76. The zero-order valence-electron chi connectivity index (χ0n) is 11.9. The summed E-state index contributed by atoms with van der Waals surface area (Å²) < 4.78 is 2.27. The van der Waals surface area contributed by atoms with Crippen molar-refractivity contribution in [1.29, 1.82) is 0 Å². The second-order valence-corrected chi connectivity index (χ2v) is 5.66. The molecule has 1 saturated heterocycles. The predicted molar refractivity (Wildman–Crippen MR) is 79.4 cm³/mol.